The Kier molecular flexibility index (Phi) is 4.19. The van der Waals surface area contributed by atoms with Gasteiger partial charge in [-0.15, -0.1) is 0 Å². The van der Waals surface area contributed by atoms with Crippen LogP contribution < -0.4 is 5.32 Å². The van der Waals surface area contributed by atoms with Gasteiger partial charge in [0.25, 0.3) is 0 Å². The highest BCUT2D eigenvalue weighted by atomic mass is 16.4. The van der Waals surface area contributed by atoms with Crippen molar-refractivity contribution in [2.45, 2.75) is 26.0 Å². The fourth-order valence-electron chi connectivity index (χ4n) is 1.97. The predicted octanol–water partition coefficient (Wildman–Crippen LogP) is 1.99. The third-order valence-electron chi connectivity index (χ3n) is 2.93. The second-order valence-electron chi connectivity index (χ2n) is 4.53. The molecule has 19 heavy (non-hydrogen) atoms. The van der Waals surface area contributed by atoms with Crippen LogP contribution in [-0.2, 0) is 6.54 Å². The fraction of sp³-hybridized carbons (Fsp3) is 0.357. The Hall–Kier alpha value is -1.85. The van der Waals surface area contributed by atoms with Gasteiger partial charge in [-0.05, 0) is 26.0 Å². The molecule has 1 aromatic heterocycles. The van der Waals surface area contributed by atoms with Crippen molar-refractivity contribution in [3.63, 3.8) is 0 Å². The lowest BCUT2D eigenvalue weighted by atomic mass is 10.1. The van der Waals surface area contributed by atoms with Gasteiger partial charge in [-0.2, -0.15) is 0 Å². The first kappa shape index (κ1) is 13.6. The maximum absolute atomic E-state index is 11.2. The van der Waals surface area contributed by atoms with Gasteiger partial charge in [0.1, 0.15) is 5.58 Å². The molecule has 5 nitrogen and oxygen atoms in total. The molecule has 0 amide bonds. The lowest BCUT2D eigenvalue weighted by Crippen LogP contribution is -2.19. The van der Waals surface area contributed by atoms with Crippen LogP contribution in [-0.4, -0.2) is 28.8 Å². The summed E-state index contributed by atoms with van der Waals surface area (Å²) in [4.78, 5) is 11.2. The van der Waals surface area contributed by atoms with E-state index in [1.165, 1.54) is 0 Å². The van der Waals surface area contributed by atoms with Gasteiger partial charge in [0, 0.05) is 17.5 Å². The number of nitrogens with one attached hydrogen (secondary N) is 1. The number of carbonyl (C=O) groups is 1. The smallest absolute Gasteiger partial charge is 0.372 e. The molecule has 0 fully saturated rings. The van der Waals surface area contributed by atoms with Crippen LogP contribution in [0.2, 0.25) is 0 Å². The molecule has 1 unspecified atom stereocenters. The van der Waals surface area contributed by atoms with Crippen LogP contribution in [0.5, 0.6) is 0 Å². The standard InChI is InChI=1S/C14H17NO4/c1-9(16)6-7-15-8-11-10-4-2-3-5-12(10)19-13(11)14(17)18/h2-5,9,15-16H,6-8H2,1H3,(H,17,18). The normalized spacial score (nSPS) is 12.7. The summed E-state index contributed by atoms with van der Waals surface area (Å²) in [5.74, 6) is -1.09. The minimum atomic E-state index is -1.07. The quantitative estimate of drug-likeness (QED) is 0.694. The van der Waals surface area contributed by atoms with Gasteiger partial charge in [0.05, 0.1) is 6.10 Å². The van der Waals surface area contributed by atoms with E-state index in [2.05, 4.69) is 5.32 Å². The summed E-state index contributed by atoms with van der Waals surface area (Å²) in [7, 11) is 0. The minimum Gasteiger partial charge on any atom is -0.475 e. The number of aliphatic hydroxyl groups is 1. The maximum atomic E-state index is 11.2. The maximum Gasteiger partial charge on any atom is 0.372 e. The monoisotopic (exact) mass is 263 g/mol. The molecule has 102 valence electrons. The van der Waals surface area contributed by atoms with Gasteiger partial charge < -0.3 is 19.9 Å². The molecular weight excluding hydrogens is 246 g/mol. The molecule has 0 saturated heterocycles. The summed E-state index contributed by atoms with van der Waals surface area (Å²) >= 11 is 0. The zero-order chi connectivity index (χ0) is 13.8. The Labute approximate surface area is 110 Å². The van der Waals surface area contributed by atoms with Crippen molar-refractivity contribution in [3.05, 3.63) is 35.6 Å². The van der Waals surface area contributed by atoms with E-state index in [0.717, 1.165) is 5.39 Å². The average molecular weight is 263 g/mol. The van der Waals surface area contributed by atoms with E-state index in [9.17, 15) is 9.90 Å². The van der Waals surface area contributed by atoms with Crippen molar-refractivity contribution >= 4 is 16.9 Å². The summed E-state index contributed by atoms with van der Waals surface area (Å²) in [6.07, 6.45) is 0.255. The van der Waals surface area contributed by atoms with E-state index in [0.29, 0.717) is 30.7 Å². The van der Waals surface area contributed by atoms with Gasteiger partial charge in [-0.3, -0.25) is 0 Å². The first-order chi connectivity index (χ1) is 9.09. The highest BCUT2D eigenvalue weighted by molar-refractivity contribution is 5.95. The average Bonchev–Trinajstić information content (AvgIpc) is 2.73. The van der Waals surface area contributed by atoms with Crippen LogP contribution in [0.3, 0.4) is 0 Å². The van der Waals surface area contributed by atoms with Crippen molar-refractivity contribution in [1.82, 2.24) is 5.32 Å². The highest BCUT2D eigenvalue weighted by Gasteiger charge is 2.18. The van der Waals surface area contributed by atoms with Gasteiger partial charge in [0.2, 0.25) is 5.76 Å². The van der Waals surface area contributed by atoms with Gasteiger partial charge in [-0.25, -0.2) is 4.79 Å². The summed E-state index contributed by atoms with van der Waals surface area (Å²) in [6, 6.07) is 7.25. The van der Waals surface area contributed by atoms with Crippen molar-refractivity contribution in [2.24, 2.45) is 0 Å². The number of furan rings is 1. The Morgan fingerprint density at radius 3 is 2.84 bits per heavy atom. The lowest BCUT2D eigenvalue weighted by Gasteiger charge is -2.06. The highest BCUT2D eigenvalue weighted by Crippen LogP contribution is 2.25. The molecule has 0 saturated carbocycles. The molecule has 0 bridgehead atoms. The van der Waals surface area contributed by atoms with Crippen LogP contribution in [0.1, 0.15) is 29.5 Å². The molecular formula is C14H17NO4. The van der Waals surface area contributed by atoms with Crippen molar-refractivity contribution in [1.29, 1.82) is 0 Å². The van der Waals surface area contributed by atoms with E-state index in [1.54, 1.807) is 13.0 Å². The minimum absolute atomic E-state index is 0.0225. The van der Waals surface area contributed by atoms with E-state index >= 15 is 0 Å². The third kappa shape index (κ3) is 3.13. The first-order valence-corrected chi connectivity index (χ1v) is 6.22. The number of benzene rings is 1. The third-order valence-corrected chi connectivity index (χ3v) is 2.93. The molecule has 0 spiro atoms. The zero-order valence-electron chi connectivity index (χ0n) is 10.7. The van der Waals surface area contributed by atoms with E-state index < -0.39 is 5.97 Å². The van der Waals surface area contributed by atoms with Crippen molar-refractivity contribution < 1.29 is 19.4 Å². The number of carboxylic acids is 1. The molecule has 2 aromatic rings. The van der Waals surface area contributed by atoms with Crippen molar-refractivity contribution in [2.75, 3.05) is 6.54 Å². The number of aliphatic hydroxyl groups excluding tert-OH is 1. The van der Waals surface area contributed by atoms with Gasteiger partial charge in [0.15, 0.2) is 0 Å². The van der Waals surface area contributed by atoms with Crippen molar-refractivity contribution in [3.8, 4) is 0 Å². The molecule has 3 N–H and O–H groups in total. The molecule has 1 atom stereocenters. The Morgan fingerprint density at radius 1 is 1.42 bits per heavy atom. The number of hydrogen-bond donors (Lipinski definition) is 3. The van der Waals surface area contributed by atoms with Crippen LogP contribution in [0, 0.1) is 0 Å². The van der Waals surface area contributed by atoms with Crippen LogP contribution >= 0.6 is 0 Å². The molecule has 5 heteroatoms. The van der Waals surface area contributed by atoms with E-state index in [-0.39, 0.29) is 11.9 Å². The molecule has 2 rings (SSSR count). The summed E-state index contributed by atoms with van der Waals surface area (Å²) in [6.45, 7) is 2.75. The zero-order valence-corrected chi connectivity index (χ0v) is 10.7. The van der Waals surface area contributed by atoms with Gasteiger partial charge >= 0.3 is 5.97 Å². The van der Waals surface area contributed by atoms with Crippen LogP contribution in [0.25, 0.3) is 11.0 Å². The SMILES string of the molecule is CC(O)CCNCc1c(C(=O)O)oc2ccccc12. The molecule has 1 aromatic carbocycles. The number of aromatic carboxylic acids is 1. The summed E-state index contributed by atoms with van der Waals surface area (Å²) in [5, 5.41) is 22.3. The Morgan fingerprint density at radius 2 is 2.16 bits per heavy atom. The van der Waals surface area contributed by atoms with Gasteiger partial charge in [-0.1, -0.05) is 18.2 Å². The molecule has 1 heterocycles. The number of fused-ring (bicyclic) bond motifs is 1. The largest absolute Gasteiger partial charge is 0.475 e. The lowest BCUT2D eigenvalue weighted by molar-refractivity contribution is 0.0663. The van der Waals surface area contributed by atoms with E-state index in [1.807, 2.05) is 18.2 Å². The van der Waals surface area contributed by atoms with Crippen LogP contribution in [0.15, 0.2) is 28.7 Å². The first-order valence-electron chi connectivity index (χ1n) is 6.22. The summed E-state index contributed by atoms with van der Waals surface area (Å²) < 4.78 is 5.35. The second kappa shape index (κ2) is 5.86. The molecule has 0 aliphatic rings. The van der Waals surface area contributed by atoms with Crippen LogP contribution in [0.4, 0.5) is 0 Å². The molecule has 0 aliphatic heterocycles. The summed E-state index contributed by atoms with van der Waals surface area (Å²) in [5.41, 5.74) is 1.22. The molecule has 0 aliphatic carbocycles. The number of para-hydroxylation sites is 1. The topological polar surface area (TPSA) is 82.7 Å². The van der Waals surface area contributed by atoms with E-state index in [4.69, 9.17) is 9.52 Å². The predicted molar refractivity (Wildman–Crippen MR) is 71.2 cm³/mol. The Bertz CT molecular complexity index is 574. The second-order valence-corrected chi connectivity index (χ2v) is 4.53. The number of rotatable bonds is 6. The number of carboxylic acid groups (broad SMARTS) is 1. The fourth-order valence-corrected chi connectivity index (χ4v) is 1.97. The number of hydrogen-bond acceptors (Lipinski definition) is 4. The molecule has 0 radical (unpaired) electrons. The Balaban J connectivity index is 2.19.